The average molecular weight is 435 g/mol. The Hall–Kier alpha value is -0.520. The Morgan fingerprint density at radius 2 is 1.62 bits per heavy atom. The highest BCUT2D eigenvalue weighted by molar-refractivity contribution is 6.42. The van der Waals surface area contributed by atoms with E-state index in [2.05, 4.69) is 4.90 Å². The molecule has 0 spiro atoms. The Labute approximate surface area is 173 Å². The minimum atomic E-state index is -1.24. The molecule has 1 fully saturated rings. The van der Waals surface area contributed by atoms with Gasteiger partial charge in [-0.05, 0) is 48.9 Å². The molecule has 0 saturated carbocycles. The molecule has 1 aliphatic heterocycles. The van der Waals surface area contributed by atoms with Gasteiger partial charge in [-0.25, -0.2) is 0 Å². The van der Waals surface area contributed by atoms with Crippen molar-refractivity contribution in [2.24, 2.45) is 5.92 Å². The first-order valence-corrected chi connectivity index (χ1v) is 9.73. The molecule has 0 amide bonds. The second-order valence-corrected chi connectivity index (χ2v) is 8.42. The van der Waals surface area contributed by atoms with Gasteiger partial charge in [0.1, 0.15) is 0 Å². The summed E-state index contributed by atoms with van der Waals surface area (Å²) in [6.45, 7) is 1.21. The smallest absolute Gasteiger partial charge is 0.0977 e. The Morgan fingerprint density at radius 1 is 1.00 bits per heavy atom. The zero-order valence-electron chi connectivity index (χ0n) is 14.1. The second-order valence-electron chi connectivity index (χ2n) is 6.79. The van der Waals surface area contributed by atoms with Crippen LogP contribution in [0.2, 0.25) is 20.1 Å². The van der Waals surface area contributed by atoms with Gasteiger partial charge in [-0.3, -0.25) is 0 Å². The Bertz CT molecular complexity index is 816. The number of nitrogens with zero attached hydrogens (tertiary/aromatic N) is 1. The van der Waals surface area contributed by atoms with E-state index in [0.717, 1.165) is 0 Å². The molecule has 2 aromatic rings. The summed E-state index contributed by atoms with van der Waals surface area (Å²) in [7, 11) is 1.96. The first-order valence-electron chi connectivity index (χ1n) is 8.22. The molecule has 1 aliphatic rings. The van der Waals surface area contributed by atoms with Crippen molar-refractivity contribution in [2.75, 3.05) is 20.1 Å². The van der Waals surface area contributed by atoms with E-state index >= 15 is 0 Å². The summed E-state index contributed by atoms with van der Waals surface area (Å²) < 4.78 is 0. The third kappa shape index (κ3) is 3.85. The van der Waals surface area contributed by atoms with E-state index in [4.69, 9.17) is 46.4 Å². The number of aliphatic hydroxyl groups is 2. The fourth-order valence-electron chi connectivity index (χ4n) is 3.54. The molecule has 0 aliphatic carbocycles. The second kappa shape index (κ2) is 7.84. The van der Waals surface area contributed by atoms with Gasteiger partial charge in [0, 0.05) is 19.0 Å². The van der Waals surface area contributed by atoms with E-state index in [9.17, 15) is 10.2 Å². The lowest BCUT2D eigenvalue weighted by atomic mass is 9.72. The summed E-state index contributed by atoms with van der Waals surface area (Å²) >= 11 is 24.3. The molecular weight excluding hydrogens is 416 g/mol. The molecular formula is C19H19Cl4NO2. The molecule has 3 rings (SSSR count). The number of aliphatic hydroxyl groups excluding tert-OH is 1. The van der Waals surface area contributed by atoms with Gasteiger partial charge in [0.25, 0.3) is 0 Å². The molecule has 3 nitrogen and oxygen atoms in total. The number of halogens is 4. The number of benzene rings is 2. The number of piperidine rings is 1. The molecule has 1 heterocycles. The lowest BCUT2D eigenvalue weighted by Crippen LogP contribution is -2.51. The van der Waals surface area contributed by atoms with E-state index in [-0.39, 0.29) is 0 Å². The fraction of sp³-hybridized carbons (Fsp3) is 0.368. The van der Waals surface area contributed by atoms with Crippen LogP contribution in [0.5, 0.6) is 0 Å². The molecule has 2 N–H and O–H groups in total. The van der Waals surface area contributed by atoms with E-state index in [0.29, 0.717) is 50.7 Å². The van der Waals surface area contributed by atoms with Crippen molar-refractivity contribution < 1.29 is 10.2 Å². The number of likely N-dealkylation sites (tertiary alicyclic amines) is 1. The maximum absolute atomic E-state index is 11.5. The van der Waals surface area contributed by atoms with Gasteiger partial charge in [-0.15, -0.1) is 0 Å². The number of hydrogen-bond acceptors (Lipinski definition) is 3. The lowest BCUT2D eigenvalue weighted by molar-refractivity contribution is -0.118. The van der Waals surface area contributed by atoms with Gasteiger partial charge in [-0.2, -0.15) is 0 Å². The molecule has 3 atom stereocenters. The maximum Gasteiger partial charge on any atom is 0.0977 e. The monoisotopic (exact) mass is 433 g/mol. The van der Waals surface area contributed by atoms with Crippen LogP contribution in [0.1, 0.15) is 23.7 Å². The zero-order chi connectivity index (χ0) is 19.1. The zero-order valence-corrected chi connectivity index (χ0v) is 17.1. The van der Waals surface area contributed by atoms with Crippen LogP contribution in [0.3, 0.4) is 0 Å². The van der Waals surface area contributed by atoms with Gasteiger partial charge < -0.3 is 15.1 Å². The molecule has 0 radical (unpaired) electrons. The highest BCUT2D eigenvalue weighted by Crippen LogP contribution is 2.45. The SMILES string of the molecule is CN1CCC(O)(c2ccc(Cl)c(Cl)c2)C(C(O)c2ccc(Cl)c(Cl)c2)C1. The minimum absolute atomic E-state index is 0.366. The van der Waals surface area contributed by atoms with Gasteiger partial charge in [-0.1, -0.05) is 58.5 Å². The molecule has 26 heavy (non-hydrogen) atoms. The van der Waals surface area contributed by atoms with Crippen LogP contribution in [0, 0.1) is 5.92 Å². The van der Waals surface area contributed by atoms with Crippen molar-refractivity contribution in [3.63, 3.8) is 0 Å². The third-order valence-corrected chi connectivity index (χ3v) is 6.56. The van der Waals surface area contributed by atoms with Crippen molar-refractivity contribution in [1.82, 2.24) is 4.90 Å². The van der Waals surface area contributed by atoms with E-state index in [1.165, 1.54) is 0 Å². The predicted octanol–water partition coefficient (Wildman–Crippen LogP) is 5.17. The molecule has 3 unspecified atom stereocenters. The minimum Gasteiger partial charge on any atom is -0.388 e. The van der Waals surface area contributed by atoms with Crippen LogP contribution in [-0.4, -0.2) is 35.3 Å². The molecule has 140 valence electrons. The van der Waals surface area contributed by atoms with Gasteiger partial charge in [0.15, 0.2) is 0 Å². The topological polar surface area (TPSA) is 43.7 Å². The lowest BCUT2D eigenvalue weighted by Gasteiger charge is -2.46. The first-order chi connectivity index (χ1) is 12.2. The summed E-state index contributed by atoms with van der Waals surface area (Å²) in [6, 6.07) is 10.1. The van der Waals surface area contributed by atoms with Crippen molar-refractivity contribution in [2.45, 2.75) is 18.1 Å². The largest absolute Gasteiger partial charge is 0.388 e. The average Bonchev–Trinajstić information content (AvgIpc) is 2.61. The quantitative estimate of drug-likeness (QED) is 0.699. The van der Waals surface area contributed by atoms with Crippen molar-refractivity contribution >= 4 is 46.4 Å². The fourth-order valence-corrected chi connectivity index (χ4v) is 4.14. The van der Waals surface area contributed by atoms with Gasteiger partial charge in [0.05, 0.1) is 31.8 Å². The molecule has 0 bridgehead atoms. The Kier molecular flexibility index (Phi) is 6.10. The molecule has 7 heteroatoms. The summed E-state index contributed by atoms with van der Waals surface area (Å²) in [5, 5.41) is 24.2. The van der Waals surface area contributed by atoms with Crippen molar-refractivity contribution in [1.29, 1.82) is 0 Å². The molecule has 2 aromatic carbocycles. The van der Waals surface area contributed by atoms with E-state index < -0.39 is 17.6 Å². The first kappa shape index (κ1) is 20.2. The van der Waals surface area contributed by atoms with Crippen LogP contribution in [-0.2, 0) is 5.60 Å². The van der Waals surface area contributed by atoms with Crippen LogP contribution in [0.4, 0.5) is 0 Å². The predicted molar refractivity (Wildman–Crippen MR) is 107 cm³/mol. The normalized spacial score (nSPS) is 25.3. The summed E-state index contributed by atoms with van der Waals surface area (Å²) in [5.41, 5.74) is 0.00834. The highest BCUT2D eigenvalue weighted by atomic mass is 35.5. The van der Waals surface area contributed by atoms with E-state index in [1.54, 1.807) is 36.4 Å². The molecule has 0 aromatic heterocycles. The maximum atomic E-state index is 11.5. The summed E-state index contributed by atoms with van der Waals surface area (Å²) in [5.74, 6) is -0.476. The third-order valence-electron chi connectivity index (χ3n) is 5.08. The van der Waals surface area contributed by atoms with Gasteiger partial charge in [0.2, 0.25) is 0 Å². The number of hydrogen-bond donors (Lipinski definition) is 2. The summed E-state index contributed by atoms with van der Waals surface area (Å²) in [4.78, 5) is 2.08. The highest BCUT2D eigenvalue weighted by Gasteiger charge is 2.46. The van der Waals surface area contributed by atoms with Crippen LogP contribution >= 0.6 is 46.4 Å². The van der Waals surface area contributed by atoms with Crippen LogP contribution < -0.4 is 0 Å². The Balaban J connectivity index is 2.02. The van der Waals surface area contributed by atoms with Gasteiger partial charge >= 0.3 is 0 Å². The van der Waals surface area contributed by atoms with Crippen molar-refractivity contribution in [3.05, 3.63) is 67.6 Å². The summed E-state index contributed by atoms with van der Waals surface area (Å²) in [6.07, 6.45) is -0.461. The van der Waals surface area contributed by atoms with Crippen molar-refractivity contribution in [3.8, 4) is 0 Å². The standard InChI is InChI=1S/C19H19Cl4NO2/c1-24-7-6-19(26,12-3-5-15(21)17(23)9-12)13(10-24)18(25)11-2-4-14(20)16(22)8-11/h2-5,8-9,13,18,25-26H,6-7,10H2,1H3. The van der Waals surface area contributed by atoms with Crippen LogP contribution in [0.15, 0.2) is 36.4 Å². The number of rotatable bonds is 3. The van der Waals surface area contributed by atoms with E-state index in [1.807, 2.05) is 7.05 Å². The van der Waals surface area contributed by atoms with Crippen LogP contribution in [0.25, 0.3) is 0 Å². The molecule has 1 saturated heterocycles. The Morgan fingerprint density at radius 3 is 2.23 bits per heavy atom.